The Bertz CT molecular complexity index is 895. The number of ether oxygens (including phenoxy) is 2. The monoisotopic (exact) mass is 441 g/mol. The average molecular weight is 441 g/mol. The second-order valence-corrected chi connectivity index (χ2v) is 10.8. The van der Waals surface area contributed by atoms with Gasteiger partial charge in [0.15, 0.2) is 0 Å². The second kappa shape index (κ2) is 8.41. The van der Waals surface area contributed by atoms with Crippen molar-refractivity contribution in [3.63, 3.8) is 0 Å². The van der Waals surface area contributed by atoms with Crippen LogP contribution in [0.2, 0.25) is 0 Å². The number of rotatable bonds is 6. The van der Waals surface area contributed by atoms with E-state index in [1.165, 1.54) is 11.8 Å². The molecule has 0 aliphatic carbocycles. The third-order valence-corrected chi connectivity index (χ3v) is 9.35. The minimum absolute atomic E-state index is 0.0199. The molecule has 3 N–H and O–H groups in total. The van der Waals surface area contributed by atoms with E-state index in [9.17, 15) is 14.7 Å². The van der Waals surface area contributed by atoms with Gasteiger partial charge in [-0.05, 0) is 0 Å². The molecule has 0 spiro atoms. The van der Waals surface area contributed by atoms with E-state index in [4.69, 9.17) is 9.47 Å². The van der Waals surface area contributed by atoms with Crippen molar-refractivity contribution >= 4 is 7.43 Å². The molecular formula is C24H28NO5P. The van der Waals surface area contributed by atoms with Gasteiger partial charge < -0.3 is 0 Å². The Kier molecular flexibility index (Phi) is 5.99. The molecule has 0 bridgehead atoms. The van der Waals surface area contributed by atoms with E-state index < -0.39 is 18.9 Å². The first-order chi connectivity index (χ1) is 14.9. The Morgan fingerprint density at radius 3 is 1.61 bits per heavy atom. The average Bonchev–Trinajstić information content (AvgIpc) is 2.81. The van der Waals surface area contributed by atoms with Crippen molar-refractivity contribution in [1.29, 1.82) is 0 Å². The summed E-state index contributed by atoms with van der Waals surface area (Å²) in [6, 6.07) is 27.5. The first kappa shape index (κ1) is 22.1. The first-order valence-electron chi connectivity index (χ1n) is 10.2. The fraction of sp³-hybridized carbons (Fsp3) is 0.250. The molecule has 1 atom stereocenters. The molecule has 7 heteroatoms. The number of hydrogen-bond donors (Lipinski definition) is 3. The molecule has 1 unspecified atom stereocenters. The molecule has 0 aromatic heterocycles. The minimum atomic E-state index is -5.70. The van der Waals surface area contributed by atoms with Crippen molar-refractivity contribution in [3.05, 3.63) is 108 Å². The van der Waals surface area contributed by atoms with Crippen LogP contribution < -0.4 is 0 Å². The van der Waals surface area contributed by atoms with Gasteiger partial charge in [0.05, 0.1) is 0 Å². The van der Waals surface area contributed by atoms with Gasteiger partial charge in [-0.25, -0.2) is 0 Å². The maximum atomic E-state index is 12.1. The van der Waals surface area contributed by atoms with E-state index in [2.05, 4.69) is 0 Å². The summed E-state index contributed by atoms with van der Waals surface area (Å²) in [6.45, 7) is 0.369. The quantitative estimate of drug-likeness (QED) is 0.401. The maximum absolute atomic E-state index is 12.1. The summed E-state index contributed by atoms with van der Waals surface area (Å²) >= 11 is 0. The van der Waals surface area contributed by atoms with Crippen LogP contribution in [-0.4, -0.2) is 52.4 Å². The fourth-order valence-electron chi connectivity index (χ4n) is 4.53. The molecule has 1 aliphatic rings. The van der Waals surface area contributed by atoms with E-state index >= 15 is 0 Å². The molecule has 0 amide bonds. The molecule has 1 heterocycles. The van der Waals surface area contributed by atoms with Gasteiger partial charge in [0.2, 0.25) is 0 Å². The number of benzene rings is 3. The molecular weight excluding hydrogens is 413 g/mol. The second-order valence-electron chi connectivity index (χ2n) is 7.69. The van der Waals surface area contributed by atoms with E-state index in [1.807, 2.05) is 91.0 Å². The van der Waals surface area contributed by atoms with Crippen LogP contribution in [0.25, 0.3) is 0 Å². The molecule has 31 heavy (non-hydrogen) atoms. The van der Waals surface area contributed by atoms with Crippen molar-refractivity contribution < 1.29 is 24.2 Å². The zero-order chi connectivity index (χ0) is 22.0. The normalized spacial score (nSPS) is 19.5. The Labute approximate surface area is 182 Å². The van der Waals surface area contributed by atoms with Crippen LogP contribution in [0.15, 0.2) is 91.0 Å². The summed E-state index contributed by atoms with van der Waals surface area (Å²) < 4.78 is 12.2. The van der Waals surface area contributed by atoms with E-state index in [0.717, 1.165) is 0 Å². The van der Waals surface area contributed by atoms with Crippen LogP contribution in [0.3, 0.4) is 0 Å². The predicted molar refractivity (Wildman–Crippen MR) is 121 cm³/mol. The molecule has 6 nitrogen and oxygen atoms in total. The summed E-state index contributed by atoms with van der Waals surface area (Å²) in [7, 11) is -4.21. The Hall–Kier alpha value is -2.15. The van der Waals surface area contributed by atoms with Gasteiger partial charge in [-0.15, -0.1) is 0 Å². The van der Waals surface area contributed by atoms with E-state index in [-0.39, 0.29) is 19.7 Å². The Morgan fingerprint density at radius 2 is 1.23 bits per heavy atom. The topological polar surface area (TPSA) is 82.4 Å². The summed E-state index contributed by atoms with van der Waals surface area (Å²) in [4.78, 5) is 36.4. The van der Waals surface area contributed by atoms with Crippen LogP contribution in [0.1, 0.15) is 16.7 Å². The van der Waals surface area contributed by atoms with Crippen molar-refractivity contribution in [1.82, 2.24) is 4.67 Å². The van der Waals surface area contributed by atoms with Crippen molar-refractivity contribution in [3.8, 4) is 0 Å². The number of nitrogens with zero attached hydrogens (tertiary/aromatic N) is 1. The van der Waals surface area contributed by atoms with Crippen molar-refractivity contribution in [2.24, 2.45) is 0 Å². The van der Waals surface area contributed by atoms with Crippen LogP contribution in [0.5, 0.6) is 0 Å². The van der Waals surface area contributed by atoms with E-state index in [0.29, 0.717) is 16.7 Å². The van der Waals surface area contributed by atoms with Crippen LogP contribution in [0, 0.1) is 0 Å². The Balaban J connectivity index is 2.07. The molecule has 1 saturated heterocycles. The van der Waals surface area contributed by atoms with Crippen molar-refractivity contribution in [2.75, 3.05) is 26.8 Å². The van der Waals surface area contributed by atoms with Gasteiger partial charge in [-0.1, -0.05) is 0 Å². The molecule has 0 saturated carbocycles. The van der Waals surface area contributed by atoms with Crippen LogP contribution in [-0.2, 0) is 14.6 Å². The molecule has 3 aromatic rings. The van der Waals surface area contributed by atoms with E-state index in [1.54, 1.807) is 0 Å². The zero-order valence-corrected chi connectivity index (χ0v) is 18.3. The van der Waals surface area contributed by atoms with Gasteiger partial charge in [-0.3, -0.25) is 0 Å². The third-order valence-electron chi connectivity index (χ3n) is 5.97. The summed E-state index contributed by atoms with van der Waals surface area (Å²) in [5, 5.41) is -1.63. The summed E-state index contributed by atoms with van der Waals surface area (Å²) in [5.41, 5.74) is 1.74. The molecule has 3 aromatic carbocycles. The fourth-order valence-corrected chi connectivity index (χ4v) is 7.67. The molecule has 164 valence electrons. The van der Waals surface area contributed by atoms with Crippen LogP contribution in [0.4, 0.5) is 0 Å². The number of hydrogen-bond acceptors (Lipinski definition) is 6. The first-order valence-corrected chi connectivity index (χ1v) is 12.3. The predicted octanol–water partition coefficient (Wildman–Crippen LogP) is 3.47. The van der Waals surface area contributed by atoms with Gasteiger partial charge in [0.1, 0.15) is 0 Å². The molecule has 4 rings (SSSR count). The number of methoxy groups -OCH3 is 1. The molecule has 1 aliphatic heterocycles. The SMILES string of the molecule is COC1CN(P(O)(O)(O)C(c2ccccc2)(c2ccccc2)c2ccccc2)CCO1. The Morgan fingerprint density at radius 1 is 0.806 bits per heavy atom. The van der Waals surface area contributed by atoms with Gasteiger partial charge in [-0.2, -0.15) is 0 Å². The third kappa shape index (κ3) is 3.60. The van der Waals surface area contributed by atoms with Crippen molar-refractivity contribution in [2.45, 2.75) is 11.4 Å². The molecule has 0 radical (unpaired) electrons. The van der Waals surface area contributed by atoms with Gasteiger partial charge in [0, 0.05) is 0 Å². The summed E-state index contributed by atoms with van der Waals surface area (Å²) in [5.74, 6) is 0. The number of morpholine rings is 1. The van der Waals surface area contributed by atoms with Gasteiger partial charge in [0.25, 0.3) is 0 Å². The van der Waals surface area contributed by atoms with Gasteiger partial charge >= 0.3 is 182 Å². The van der Waals surface area contributed by atoms with Crippen LogP contribution >= 0.6 is 7.43 Å². The summed E-state index contributed by atoms with van der Waals surface area (Å²) in [6.07, 6.45) is -0.679. The zero-order valence-electron chi connectivity index (χ0n) is 17.4. The molecule has 1 fully saturated rings. The standard InChI is InChI=1S/C24H28NO5P/c1-29-23-19-25(17-18-30-23)31(26,27,28)24(20-11-5-2-6-12-20,21-13-7-3-8-14-21)22-15-9-4-10-16-22/h2-16,23,26-28H,17-19H2,1H3.